The van der Waals surface area contributed by atoms with Gasteiger partial charge in [0.05, 0.1) is 24.2 Å². The topological polar surface area (TPSA) is 90.5 Å². The molecule has 0 amide bonds. The van der Waals surface area contributed by atoms with Crippen LogP contribution in [0.4, 0.5) is 0 Å². The largest absolute Gasteiger partial charge is 0.493 e. The van der Waals surface area contributed by atoms with Gasteiger partial charge in [-0.3, -0.25) is 4.79 Å². The fourth-order valence-electron chi connectivity index (χ4n) is 2.89. The lowest BCUT2D eigenvalue weighted by molar-refractivity contribution is 0.0319. The third-order valence-electron chi connectivity index (χ3n) is 4.49. The van der Waals surface area contributed by atoms with Gasteiger partial charge in [-0.1, -0.05) is 0 Å². The molecule has 0 bridgehead atoms. The third-order valence-corrected chi connectivity index (χ3v) is 5.59. The Morgan fingerprint density at radius 3 is 2.55 bits per heavy atom. The van der Waals surface area contributed by atoms with Gasteiger partial charge < -0.3 is 19.2 Å². The molecule has 0 aliphatic rings. The van der Waals surface area contributed by atoms with Gasteiger partial charge >= 0.3 is 5.97 Å². The first-order valence-corrected chi connectivity index (χ1v) is 10.1. The molecule has 0 aliphatic carbocycles. The number of aromatic amines is 1. The van der Waals surface area contributed by atoms with Crippen molar-refractivity contribution in [3.8, 4) is 11.5 Å². The maximum absolute atomic E-state index is 12.6. The first-order chi connectivity index (χ1) is 13.7. The molecule has 3 rings (SSSR count). The van der Waals surface area contributed by atoms with Crippen molar-refractivity contribution in [1.82, 2.24) is 9.97 Å². The van der Waals surface area contributed by atoms with Gasteiger partial charge in [0.15, 0.2) is 23.4 Å². The number of fused-ring (bicyclic) bond motifs is 1. The summed E-state index contributed by atoms with van der Waals surface area (Å²) in [4.78, 5) is 33.9. The van der Waals surface area contributed by atoms with Crippen LogP contribution < -0.4 is 15.0 Å². The Labute approximate surface area is 172 Å². The van der Waals surface area contributed by atoms with Gasteiger partial charge in [-0.2, -0.15) is 0 Å². The zero-order chi connectivity index (χ0) is 21.3. The van der Waals surface area contributed by atoms with Crippen LogP contribution in [0, 0.1) is 13.8 Å². The number of aromatic nitrogens is 2. The van der Waals surface area contributed by atoms with Gasteiger partial charge in [-0.05, 0) is 58.4 Å². The molecule has 29 heavy (non-hydrogen) atoms. The lowest BCUT2D eigenvalue weighted by Crippen LogP contribution is -2.17. The summed E-state index contributed by atoms with van der Waals surface area (Å²) >= 11 is 1.45. The second-order valence-corrected chi connectivity index (χ2v) is 8.20. The zero-order valence-electron chi connectivity index (χ0n) is 17.3. The SMILES string of the molecule is COc1cc(C(=O)OC(C)c2nc3sc(C)c(C)c3c(=O)[nH]2)ccc1OC(C)C. The van der Waals surface area contributed by atoms with Crippen LogP contribution in [0.3, 0.4) is 0 Å². The summed E-state index contributed by atoms with van der Waals surface area (Å²) in [6.45, 7) is 9.33. The van der Waals surface area contributed by atoms with E-state index in [4.69, 9.17) is 14.2 Å². The predicted molar refractivity (Wildman–Crippen MR) is 112 cm³/mol. The fourth-order valence-corrected chi connectivity index (χ4v) is 3.93. The highest BCUT2D eigenvalue weighted by atomic mass is 32.1. The normalized spacial score (nSPS) is 12.2. The van der Waals surface area contributed by atoms with Crippen molar-refractivity contribution < 1.29 is 19.0 Å². The Bertz CT molecular complexity index is 1120. The molecule has 7 nitrogen and oxygen atoms in total. The Morgan fingerprint density at radius 1 is 1.17 bits per heavy atom. The number of thiophene rings is 1. The molecular formula is C21H24N2O5S. The molecular weight excluding hydrogens is 392 g/mol. The summed E-state index contributed by atoms with van der Waals surface area (Å²) in [6.07, 6.45) is -0.746. The summed E-state index contributed by atoms with van der Waals surface area (Å²) in [5, 5.41) is 0.584. The molecule has 0 aliphatic heterocycles. The molecule has 154 valence electrons. The molecule has 0 fully saturated rings. The first-order valence-electron chi connectivity index (χ1n) is 9.26. The number of methoxy groups -OCH3 is 1. The quantitative estimate of drug-likeness (QED) is 0.602. The van der Waals surface area contributed by atoms with Crippen molar-refractivity contribution >= 4 is 27.5 Å². The van der Waals surface area contributed by atoms with Crippen molar-refractivity contribution in [3.63, 3.8) is 0 Å². The molecule has 1 aromatic carbocycles. The molecule has 3 aromatic rings. The van der Waals surface area contributed by atoms with E-state index in [-0.39, 0.29) is 11.7 Å². The highest BCUT2D eigenvalue weighted by Gasteiger charge is 2.20. The minimum absolute atomic E-state index is 0.0240. The second-order valence-electron chi connectivity index (χ2n) is 6.99. The van der Waals surface area contributed by atoms with Crippen LogP contribution in [0.25, 0.3) is 10.2 Å². The fraction of sp³-hybridized carbons (Fsp3) is 0.381. The van der Waals surface area contributed by atoms with E-state index >= 15 is 0 Å². The average molecular weight is 416 g/mol. The van der Waals surface area contributed by atoms with E-state index in [1.54, 1.807) is 25.1 Å². The lowest BCUT2D eigenvalue weighted by atomic mass is 10.2. The zero-order valence-corrected chi connectivity index (χ0v) is 18.1. The van der Waals surface area contributed by atoms with Crippen molar-refractivity contribution in [3.05, 3.63) is 50.4 Å². The van der Waals surface area contributed by atoms with Gasteiger partial charge in [0.25, 0.3) is 5.56 Å². The minimum atomic E-state index is -0.722. The number of esters is 1. The molecule has 0 saturated heterocycles. The van der Waals surface area contributed by atoms with E-state index in [0.29, 0.717) is 33.1 Å². The Kier molecular flexibility index (Phi) is 5.93. The number of hydrogen-bond donors (Lipinski definition) is 1. The van der Waals surface area contributed by atoms with Crippen LogP contribution in [0.5, 0.6) is 11.5 Å². The third kappa shape index (κ3) is 4.27. The first kappa shape index (κ1) is 20.9. The number of benzene rings is 1. The number of rotatable bonds is 6. The molecule has 0 spiro atoms. The maximum Gasteiger partial charge on any atom is 0.338 e. The number of carbonyl (C=O) groups excluding carboxylic acids is 1. The Balaban J connectivity index is 1.83. The average Bonchev–Trinajstić information content (AvgIpc) is 2.95. The molecule has 0 saturated carbocycles. The van der Waals surface area contributed by atoms with Crippen LogP contribution in [0.2, 0.25) is 0 Å². The number of nitrogens with one attached hydrogen (secondary N) is 1. The smallest absolute Gasteiger partial charge is 0.338 e. The number of nitrogens with zero attached hydrogens (tertiary/aromatic N) is 1. The van der Waals surface area contributed by atoms with E-state index < -0.39 is 12.1 Å². The van der Waals surface area contributed by atoms with Crippen LogP contribution >= 0.6 is 11.3 Å². The highest BCUT2D eigenvalue weighted by molar-refractivity contribution is 7.18. The Morgan fingerprint density at radius 2 is 1.90 bits per heavy atom. The second kappa shape index (κ2) is 8.24. The van der Waals surface area contributed by atoms with Crippen molar-refractivity contribution in [1.29, 1.82) is 0 Å². The van der Waals surface area contributed by atoms with Gasteiger partial charge in [0, 0.05) is 4.88 Å². The number of H-pyrrole nitrogens is 1. The van der Waals surface area contributed by atoms with Gasteiger partial charge in [-0.25, -0.2) is 9.78 Å². The van der Waals surface area contributed by atoms with E-state index in [9.17, 15) is 9.59 Å². The summed E-state index contributed by atoms with van der Waals surface area (Å²) in [5.74, 6) is 0.752. The van der Waals surface area contributed by atoms with E-state index in [0.717, 1.165) is 10.4 Å². The summed E-state index contributed by atoms with van der Waals surface area (Å²) < 4.78 is 16.5. The molecule has 2 heterocycles. The van der Waals surface area contributed by atoms with Crippen LogP contribution in [-0.2, 0) is 4.74 Å². The summed E-state index contributed by atoms with van der Waals surface area (Å²) in [7, 11) is 1.51. The van der Waals surface area contributed by atoms with Crippen molar-refractivity contribution in [2.24, 2.45) is 0 Å². The highest BCUT2D eigenvalue weighted by Crippen LogP contribution is 2.30. The molecule has 0 radical (unpaired) electrons. The van der Waals surface area contributed by atoms with Crippen molar-refractivity contribution in [2.75, 3.05) is 7.11 Å². The van der Waals surface area contributed by atoms with Crippen LogP contribution in [0.1, 0.15) is 53.5 Å². The van der Waals surface area contributed by atoms with Gasteiger partial charge in [0.2, 0.25) is 0 Å². The summed E-state index contributed by atoms with van der Waals surface area (Å²) in [5.41, 5.74) is 1.01. The maximum atomic E-state index is 12.6. The van der Waals surface area contributed by atoms with Crippen LogP contribution in [-0.4, -0.2) is 29.2 Å². The number of ether oxygens (including phenoxy) is 3. The lowest BCUT2D eigenvalue weighted by Gasteiger charge is -2.15. The van der Waals surface area contributed by atoms with Gasteiger partial charge in [-0.15, -0.1) is 11.3 Å². The van der Waals surface area contributed by atoms with E-state index in [1.807, 2.05) is 27.7 Å². The number of carbonyl (C=O) groups is 1. The van der Waals surface area contributed by atoms with Crippen molar-refractivity contribution in [2.45, 2.75) is 46.8 Å². The molecule has 1 unspecified atom stereocenters. The minimum Gasteiger partial charge on any atom is -0.493 e. The van der Waals surface area contributed by atoms with E-state index in [2.05, 4.69) is 9.97 Å². The molecule has 1 atom stereocenters. The summed E-state index contributed by atoms with van der Waals surface area (Å²) in [6, 6.07) is 4.85. The van der Waals surface area contributed by atoms with Gasteiger partial charge in [0.1, 0.15) is 4.83 Å². The Hall–Kier alpha value is -2.87. The monoisotopic (exact) mass is 416 g/mol. The number of aryl methyl sites for hydroxylation is 2. The molecule has 1 N–H and O–H groups in total. The van der Waals surface area contributed by atoms with E-state index in [1.165, 1.54) is 18.4 Å². The van der Waals surface area contributed by atoms with Crippen LogP contribution in [0.15, 0.2) is 23.0 Å². The predicted octanol–water partition coefficient (Wildman–Crippen LogP) is 4.32. The standard InChI is InChI=1S/C21H24N2O5S/c1-10(2)27-15-8-7-14(9-16(15)26-6)21(25)28-12(4)18-22-19(24)17-11(3)13(5)29-20(17)23-18/h7-10,12H,1-6H3,(H,22,23,24). The molecule has 8 heteroatoms. The number of hydrogen-bond acceptors (Lipinski definition) is 7. The molecule has 2 aromatic heterocycles.